The van der Waals surface area contributed by atoms with Gasteiger partial charge in [0, 0.05) is 24.3 Å². The zero-order valence-corrected chi connectivity index (χ0v) is 9.97. The van der Waals surface area contributed by atoms with Crippen LogP contribution in [0.15, 0.2) is 29.4 Å². The maximum atomic E-state index is 8.81. The molecule has 1 heterocycles. The minimum absolute atomic E-state index is 0.185. The highest BCUT2D eigenvalue weighted by Crippen LogP contribution is 2.23. The minimum Gasteiger partial charge on any atom is -0.409 e. The second-order valence-corrected chi connectivity index (χ2v) is 4.40. The average Bonchev–Trinajstić information content (AvgIpc) is 2.66. The molecule has 0 amide bonds. The predicted molar refractivity (Wildman–Crippen MR) is 69.6 cm³/mol. The molecule has 0 unspecified atom stereocenters. The number of rotatable bonds is 2. The highest BCUT2D eigenvalue weighted by Gasteiger charge is 2.14. The lowest BCUT2D eigenvalue weighted by molar-refractivity contribution is 0.318. The van der Waals surface area contributed by atoms with Crippen molar-refractivity contribution in [2.45, 2.75) is 25.7 Å². The lowest BCUT2D eigenvalue weighted by Crippen LogP contribution is -2.27. The summed E-state index contributed by atoms with van der Waals surface area (Å²) in [6.07, 6.45) is 5.01. The molecule has 1 aliphatic heterocycles. The number of nitrogens with two attached hydrogens (primary N) is 1. The fraction of sp³-hybridized carbons (Fsp3) is 0.462. The number of nitrogens with zero attached hydrogens (tertiary/aromatic N) is 2. The Kier molecular flexibility index (Phi) is 3.85. The third kappa shape index (κ3) is 2.70. The van der Waals surface area contributed by atoms with Gasteiger partial charge in [0.05, 0.1) is 0 Å². The van der Waals surface area contributed by atoms with Crippen LogP contribution < -0.4 is 10.6 Å². The lowest BCUT2D eigenvalue weighted by atomic mass is 10.1. The third-order valence-electron chi connectivity index (χ3n) is 3.23. The van der Waals surface area contributed by atoms with E-state index in [1.165, 1.54) is 25.7 Å². The summed E-state index contributed by atoms with van der Waals surface area (Å²) in [5, 5.41) is 11.9. The van der Waals surface area contributed by atoms with E-state index in [2.05, 4.69) is 10.1 Å². The van der Waals surface area contributed by atoms with Crippen molar-refractivity contribution in [2.75, 3.05) is 18.0 Å². The molecule has 4 nitrogen and oxygen atoms in total. The van der Waals surface area contributed by atoms with E-state index in [-0.39, 0.29) is 5.84 Å². The van der Waals surface area contributed by atoms with E-state index in [1.54, 1.807) is 0 Å². The van der Waals surface area contributed by atoms with Crippen LogP contribution in [-0.2, 0) is 0 Å². The van der Waals surface area contributed by atoms with E-state index in [9.17, 15) is 0 Å². The minimum atomic E-state index is 0.185. The van der Waals surface area contributed by atoms with Crippen molar-refractivity contribution >= 4 is 11.5 Å². The summed E-state index contributed by atoms with van der Waals surface area (Å²) in [6, 6.07) is 7.84. The molecule has 0 bridgehead atoms. The fourth-order valence-corrected chi connectivity index (χ4v) is 2.33. The van der Waals surface area contributed by atoms with E-state index in [0.29, 0.717) is 0 Å². The molecule has 1 saturated heterocycles. The van der Waals surface area contributed by atoms with Crippen molar-refractivity contribution in [3.05, 3.63) is 29.8 Å². The van der Waals surface area contributed by atoms with E-state index in [1.807, 2.05) is 24.3 Å². The first kappa shape index (κ1) is 11.8. The van der Waals surface area contributed by atoms with E-state index in [4.69, 9.17) is 10.9 Å². The van der Waals surface area contributed by atoms with Gasteiger partial charge in [0.25, 0.3) is 0 Å². The smallest absolute Gasteiger partial charge is 0.172 e. The summed E-state index contributed by atoms with van der Waals surface area (Å²) in [6.45, 7) is 2.10. The molecule has 0 saturated carbocycles. The standard InChI is InChI=1S/C13H19N3O/c14-13(15-17)11-7-3-4-8-12(11)16-9-5-1-2-6-10-16/h3-4,7-8,17H,1-2,5-6,9-10H2,(H2,14,15). The molecule has 0 aliphatic carbocycles. The van der Waals surface area contributed by atoms with Crippen LogP contribution in [0.3, 0.4) is 0 Å². The molecule has 1 aromatic carbocycles. The van der Waals surface area contributed by atoms with Crippen LogP contribution in [0.1, 0.15) is 31.2 Å². The van der Waals surface area contributed by atoms with Crippen molar-refractivity contribution in [2.24, 2.45) is 10.9 Å². The van der Waals surface area contributed by atoms with Crippen LogP contribution in [0.4, 0.5) is 5.69 Å². The van der Waals surface area contributed by atoms with Crippen LogP contribution in [0.5, 0.6) is 0 Å². The van der Waals surface area contributed by atoms with Gasteiger partial charge in [-0.3, -0.25) is 0 Å². The van der Waals surface area contributed by atoms with Crippen molar-refractivity contribution < 1.29 is 5.21 Å². The van der Waals surface area contributed by atoms with Gasteiger partial charge in [-0.25, -0.2) is 0 Å². The zero-order chi connectivity index (χ0) is 12.1. The Hall–Kier alpha value is -1.71. The summed E-state index contributed by atoms with van der Waals surface area (Å²) in [5.41, 5.74) is 7.60. The number of benzene rings is 1. The van der Waals surface area contributed by atoms with E-state index >= 15 is 0 Å². The maximum absolute atomic E-state index is 8.81. The molecule has 0 aromatic heterocycles. The molecule has 0 atom stereocenters. The van der Waals surface area contributed by atoms with E-state index in [0.717, 1.165) is 24.3 Å². The number of para-hydroxylation sites is 1. The summed E-state index contributed by atoms with van der Waals surface area (Å²) in [7, 11) is 0. The van der Waals surface area contributed by atoms with Crippen LogP contribution >= 0.6 is 0 Å². The van der Waals surface area contributed by atoms with Gasteiger partial charge in [0.1, 0.15) is 0 Å². The monoisotopic (exact) mass is 233 g/mol. The molecule has 1 fully saturated rings. The Bertz CT molecular complexity index is 395. The predicted octanol–water partition coefficient (Wildman–Crippen LogP) is 2.16. The van der Waals surface area contributed by atoms with Crippen LogP contribution in [-0.4, -0.2) is 24.1 Å². The molecular weight excluding hydrogens is 214 g/mol. The molecule has 17 heavy (non-hydrogen) atoms. The molecule has 4 heteroatoms. The molecular formula is C13H19N3O. The van der Waals surface area contributed by atoms with Crippen molar-refractivity contribution in [1.82, 2.24) is 0 Å². The highest BCUT2D eigenvalue weighted by atomic mass is 16.4. The van der Waals surface area contributed by atoms with Gasteiger partial charge >= 0.3 is 0 Å². The van der Waals surface area contributed by atoms with Crippen LogP contribution in [0, 0.1) is 0 Å². The van der Waals surface area contributed by atoms with Crippen LogP contribution in [0.25, 0.3) is 0 Å². The van der Waals surface area contributed by atoms with Crippen LogP contribution in [0.2, 0.25) is 0 Å². The number of hydrogen-bond donors (Lipinski definition) is 2. The van der Waals surface area contributed by atoms with Gasteiger partial charge in [-0.1, -0.05) is 30.1 Å². The quantitative estimate of drug-likeness (QED) is 0.356. The number of hydrogen-bond acceptors (Lipinski definition) is 3. The summed E-state index contributed by atoms with van der Waals surface area (Å²) in [4.78, 5) is 2.33. The Balaban J connectivity index is 2.30. The Morgan fingerprint density at radius 1 is 1.12 bits per heavy atom. The molecule has 1 aromatic rings. The SMILES string of the molecule is NC(=NO)c1ccccc1N1CCCCCC1. The largest absolute Gasteiger partial charge is 0.409 e. The summed E-state index contributed by atoms with van der Waals surface area (Å²) in [5.74, 6) is 0.185. The Labute approximate surface area is 102 Å². The highest BCUT2D eigenvalue weighted by molar-refractivity contribution is 6.02. The number of oxime groups is 1. The average molecular weight is 233 g/mol. The lowest BCUT2D eigenvalue weighted by Gasteiger charge is -2.24. The van der Waals surface area contributed by atoms with Crippen molar-refractivity contribution in [3.63, 3.8) is 0 Å². The molecule has 2 rings (SSSR count). The maximum Gasteiger partial charge on any atom is 0.172 e. The number of anilines is 1. The van der Waals surface area contributed by atoms with E-state index < -0.39 is 0 Å². The second-order valence-electron chi connectivity index (χ2n) is 4.40. The normalized spacial score (nSPS) is 17.9. The summed E-state index contributed by atoms with van der Waals surface area (Å²) < 4.78 is 0. The van der Waals surface area contributed by atoms with Gasteiger partial charge < -0.3 is 15.8 Å². The zero-order valence-electron chi connectivity index (χ0n) is 9.97. The van der Waals surface area contributed by atoms with Crippen molar-refractivity contribution in [3.8, 4) is 0 Å². The van der Waals surface area contributed by atoms with Gasteiger partial charge in [0.2, 0.25) is 0 Å². The topological polar surface area (TPSA) is 61.9 Å². The first-order chi connectivity index (χ1) is 8.33. The Morgan fingerprint density at radius 3 is 2.41 bits per heavy atom. The number of amidine groups is 1. The van der Waals surface area contributed by atoms with Gasteiger partial charge in [-0.05, 0) is 25.0 Å². The van der Waals surface area contributed by atoms with Crippen molar-refractivity contribution in [1.29, 1.82) is 0 Å². The molecule has 0 spiro atoms. The molecule has 92 valence electrons. The summed E-state index contributed by atoms with van der Waals surface area (Å²) >= 11 is 0. The van der Waals surface area contributed by atoms with Gasteiger partial charge in [0.15, 0.2) is 5.84 Å². The first-order valence-corrected chi connectivity index (χ1v) is 6.15. The van der Waals surface area contributed by atoms with Gasteiger partial charge in [-0.2, -0.15) is 0 Å². The first-order valence-electron chi connectivity index (χ1n) is 6.15. The molecule has 3 N–H and O–H groups in total. The fourth-order valence-electron chi connectivity index (χ4n) is 2.33. The molecule has 1 aliphatic rings. The van der Waals surface area contributed by atoms with Gasteiger partial charge in [-0.15, -0.1) is 0 Å². The second kappa shape index (κ2) is 5.57. The molecule has 0 radical (unpaired) electrons. The third-order valence-corrected chi connectivity index (χ3v) is 3.23. The Morgan fingerprint density at radius 2 is 1.76 bits per heavy atom.